The van der Waals surface area contributed by atoms with E-state index in [-0.39, 0.29) is 35.4 Å². The van der Waals surface area contributed by atoms with Crippen molar-refractivity contribution in [2.45, 2.75) is 54.1 Å². The number of Topliss-reactive ketones (excluding diaryl/α,β-unsaturated/α-hetero) is 1. The van der Waals surface area contributed by atoms with Crippen molar-refractivity contribution >= 4 is 11.8 Å². The second-order valence-corrected chi connectivity index (χ2v) is 7.60. The second kappa shape index (κ2) is 6.92. The fourth-order valence-corrected chi connectivity index (χ4v) is 3.45. The molecule has 0 saturated heterocycles. The number of rotatable bonds is 5. The first kappa shape index (κ1) is 18.4. The van der Waals surface area contributed by atoms with Gasteiger partial charge >= 0.3 is 5.97 Å². The van der Waals surface area contributed by atoms with Crippen LogP contribution in [0.4, 0.5) is 0 Å². The van der Waals surface area contributed by atoms with Gasteiger partial charge in [-0.3, -0.25) is 9.59 Å². The maximum absolute atomic E-state index is 12.6. The lowest BCUT2D eigenvalue weighted by atomic mass is 10.1. The van der Waals surface area contributed by atoms with Crippen molar-refractivity contribution in [2.24, 2.45) is 17.3 Å². The van der Waals surface area contributed by atoms with E-state index in [1.807, 2.05) is 45.9 Å². The Kier molecular flexibility index (Phi) is 5.32. The molecule has 24 heavy (non-hydrogen) atoms. The fourth-order valence-electron chi connectivity index (χ4n) is 3.45. The monoisotopic (exact) mass is 328 g/mol. The maximum atomic E-state index is 12.6. The zero-order valence-corrected chi connectivity index (χ0v) is 15.6. The highest BCUT2D eigenvalue weighted by Crippen LogP contribution is 2.60. The highest BCUT2D eigenvalue weighted by molar-refractivity contribution is 6.02. The summed E-state index contributed by atoms with van der Waals surface area (Å²) in [5, 5.41) is 0. The van der Waals surface area contributed by atoms with Gasteiger partial charge < -0.3 is 4.74 Å². The van der Waals surface area contributed by atoms with Crippen molar-refractivity contribution in [1.82, 2.24) is 0 Å². The van der Waals surface area contributed by atoms with E-state index in [0.717, 1.165) is 5.57 Å². The number of hydrogen-bond donors (Lipinski definition) is 0. The molecule has 0 aromatic rings. The van der Waals surface area contributed by atoms with Gasteiger partial charge in [-0.1, -0.05) is 49.8 Å². The SMILES string of the molecule is C/C=C/C=C/C1=C(C)C(OC(=O)C2C(C=C(C)C)C2(C)C)CC1=O. The number of ketones is 1. The zero-order valence-electron chi connectivity index (χ0n) is 15.6. The lowest BCUT2D eigenvalue weighted by Crippen LogP contribution is -2.20. The minimum atomic E-state index is -0.418. The summed E-state index contributed by atoms with van der Waals surface area (Å²) >= 11 is 0. The van der Waals surface area contributed by atoms with Crippen molar-refractivity contribution in [3.8, 4) is 0 Å². The van der Waals surface area contributed by atoms with Gasteiger partial charge in [-0.15, -0.1) is 0 Å². The molecule has 3 nitrogen and oxygen atoms in total. The molecule has 0 N–H and O–H groups in total. The molecular weight excluding hydrogens is 300 g/mol. The molecule has 1 saturated carbocycles. The van der Waals surface area contributed by atoms with Crippen LogP contribution in [0.15, 0.2) is 47.1 Å². The van der Waals surface area contributed by atoms with Crippen LogP contribution < -0.4 is 0 Å². The zero-order chi connectivity index (χ0) is 18.1. The van der Waals surface area contributed by atoms with E-state index < -0.39 is 6.10 Å². The minimum absolute atomic E-state index is 0.0435. The number of carbonyl (C=O) groups excluding carboxylic acids is 2. The minimum Gasteiger partial charge on any atom is -0.457 e. The first-order valence-corrected chi connectivity index (χ1v) is 8.59. The number of esters is 1. The molecule has 0 aromatic heterocycles. The van der Waals surface area contributed by atoms with Gasteiger partial charge in [-0.05, 0) is 44.6 Å². The summed E-state index contributed by atoms with van der Waals surface area (Å²) in [6.45, 7) is 12.1. The predicted molar refractivity (Wildman–Crippen MR) is 96.4 cm³/mol. The topological polar surface area (TPSA) is 43.4 Å². The molecule has 0 aromatic carbocycles. The van der Waals surface area contributed by atoms with E-state index in [9.17, 15) is 9.59 Å². The molecule has 2 aliphatic carbocycles. The van der Waals surface area contributed by atoms with Crippen molar-refractivity contribution in [1.29, 1.82) is 0 Å². The van der Waals surface area contributed by atoms with E-state index in [1.165, 1.54) is 5.57 Å². The van der Waals surface area contributed by atoms with Crippen LogP contribution in [-0.2, 0) is 14.3 Å². The van der Waals surface area contributed by atoms with Crippen LogP contribution in [0.2, 0.25) is 0 Å². The number of ether oxygens (including phenoxy) is 1. The molecule has 2 rings (SSSR count). The maximum Gasteiger partial charge on any atom is 0.310 e. The van der Waals surface area contributed by atoms with Crippen molar-refractivity contribution in [3.05, 3.63) is 47.1 Å². The third-order valence-electron chi connectivity index (χ3n) is 5.08. The summed E-state index contributed by atoms with van der Waals surface area (Å²) in [6.07, 6.45) is 9.42. The molecule has 0 aliphatic heterocycles. The first-order valence-electron chi connectivity index (χ1n) is 8.59. The number of carbonyl (C=O) groups is 2. The van der Waals surface area contributed by atoms with Crippen LogP contribution >= 0.6 is 0 Å². The van der Waals surface area contributed by atoms with Crippen LogP contribution in [0.25, 0.3) is 0 Å². The van der Waals surface area contributed by atoms with Crippen LogP contribution in [0.1, 0.15) is 48.0 Å². The van der Waals surface area contributed by atoms with Crippen molar-refractivity contribution < 1.29 is 14.3 Å². The van der Waals surface area contributed by atoms with Crippen LogP contribution in [0.5, 0.6) is 0 Å². The van der Waals surface area contributed by atoms with Crippen LogP contribution in [0, 0.1) is 17.3 Å². The standard InChI is InChI=1S/C21H28O3/c1-7-8-9-10-15-14(4)18(12-17(15)22)24-20(23)19-16(11-13(2)3)21(19,5)6/h7-11,16,18-19H,12H2,1-6H3/b8-7+,10-9+. The fraction of sp³-hybridized carbons (Fsp3) is 0.524. The Hall–Kier alpha value is -1.90. The Balaban J connectivity index is 2.08. The Labute approximate surface area is 145 Å². The van der Waals surface area contributed by atoms with Crippen molar-refractivity contribution in [3.63, 3.8) is 0 Å². The van der Waals surface area contributed by atoms with Gasteiger partial charge in [0.25, 0.3) is 0 Å². The van der Waals surface area contributed by atoms with Crippen molar-refractivity contribution in [2.75, 3.05) is 0 Å². The van der Waals surface area contributed by atoms with Gasteiger partial charge in [-0.25, -0.2) is 0 Å². The van der Waals surface area contributed by atoms with Gasteiger partial charge in [0.1, 0.15) is 6.10 Å². The van der Waals surface area contributed by atoms with Gasteiger partial charge in [0.05, 0.1) is 12.3 Å². The van der Waals surface area contributed by atoms with E-state index in [0.29, 0.717) is 5.57 Å². The van der Waals surface area contributed by atoms with Crippen LogP contribution in [-0.4, -0.2) is 17.9 Å². The summed E-state index contributed by atoms with van der Waals surface area (Å²) < 4.78 is 5.70. The number of hydrogen-bond acceptors (Lipinski definition) is 3. The van der Waals surface area contributed by atoms with Crippen LogP contribution in [0.3, 0.4) is 0 Å². The quantitative estimate of drug-likeness (QED) is 0.422. The molecule has 3 heteroatoms. The Bertz CT molecular complexity index is 655. The smallest absolute Gasteiger partial charge is 0.310 e. The molecule has 0 spiro atoms. The highest BCUT2D eigenvalue weighted by Gasteiger charge is 2.61. The molecule has 3 atom stereocenters. The molecule has 130 valence electrons. The van der Waals surface area contributed by atoms with E-state index >= 15 is 0 Å². The second-order valence-electron chi connectivity index (χ2n) is 7.60. The van der Waals surface area contributed by atoms with E-state index in [4.69, 9.17) is 4.74 Å². The molecule has 1 fully saturated rings. The normalized spacial score (nSPS) is 28.8. The lowest BCUT2D eigenvalue weighted by molar-refractivity contribution is -0.150. The Morgan fingerprint density at radius 1 is 1.25 bits per heavy atom. The molecule has 0 amide bonds. The van der Waals surface area contributed by atoms with Gasteiger partial charge in [0.15, 0.2) is 5.78 Å². The molecule has 0 bridgehead atoms. The summed E-state index contributed by atoms with van der Waals surface area (Å²) in [7, 11) is 0. The molecular formula is C21H28O3. The van der Waals surface area contributed by atoms with Gasteiger partial charge in [0, 0.05) is 5.57 Å². The highest BCUT2D eigenvalue weighted by atomic mass is 16.5. The largest absolute Gasteiger partial charge is 0.457 e. The molecule has 3 unspecified atom stereocenters. The first-order chi connectivity index (χ1) is 11.2. The summed E-state index contributed by atoms with van der Waals surface area (Å²) in [4.78, 5) is 24.7. The average Bonchev–Trinajstić information content (AvgIpc) is 2.90. The molecule has 2 aliphatic rings. The van der Waals surface area contributed by atoms with E-state index in [2.05, 4.69) is 19.9 Å². The molecule has 0 radical (unpaired) electrons. The third kappa shape index (κ3) is 3.61. The molecule has 0 heterocycles. The Morgan fingerprint density at radius 3 is 2.50 bits per heavy atom. The summed E-state index contributed by atoms with van der Waals surface area (Å²) in [6, 6.07) is 0. The summed E-state index contributed by atoms with van der Waals surface area (Å²) in [5.41, 5.74) is 2.67. The predicted octanol–water partition coefficient (Wildman–Crippen LogP) is 4.56. The lowest BCUT2D eigenvalue weighted by Gasteiger charge is -2.13. The van der Waals surface area contributed by atoms with Gasteiger partial charge in [-0.2, -0.15) is 0 Å². The van der Waals surface area contributed by atoms with E-state index in [1.54, 1.807) is 6.08 Å². The summed E-state index contributed by atoms with van der Waals surface area (Å²) in [5.74, 6) is -0.0244. The van der Waals surface area contributed by atoms with Gasteiger partial charge in [0.2, 0.25) is 0 Å². The average molecular weight is 328 g/mol. The Morgan fingerprint density at radius 2 is 1.92 bits per heavy atom. The number of allylic oxidation sites excluding steroid dienone is 7. The third-order valence-corrected chi connectivity index (χ3v) is 5.08.